The zero-order valence-corrected chi connectivity index (χ0v) is 13.9. The lowest BCUT2D eigenvalue weighted by Gasteiger charge is -2.38. The summed E-state index contributed by atoms with van der Waals surface area (Å²) < 4.78 is 5.77. The third-order valence-corrected chi connectivity index (χ3v) is 4.20. The summed E-state index contributed by atoms with van der Waals surface area (Å²) in [4.78, 5) is 30.4. The zero-order chi connectivity index (χ0) is 16.6. The van der Waals surface area contributed by atoms with Crippen LogP contribution in [0.2, 0.25) is 0 Å². The van der Waals surface area contributed by atoms with Crippen LogP contribution >= 0.6 is 11.3 Å². The predicted octanol–water partition coefficient (Wildman–Crippen LogP) is 2.59. The number of rotatable bonds is 3. The van der Waals surface area contributed by atoms with E-state index in [9.17, 15) is 9.59 Å². The van der Waals surface area contributed by atoms with E-state index in [4.69, 9.17) is 4.74 Å². The largest absolute Gasteiger partial charge is 0.476 e. The number of fused-ring (bicyclic) bond motifs is 1. The van der Waals surface area contributed by atoms with Gasteiger partial charge >= 0.3 is 0 Å². The molecule has 2 heterocycles. The van der Waals surface area contributed by atoms with Gasteiger partial charge in [0, 0.05) is 11.6 Å². The van der Waals surface area contributed by atoms with Crippen LogP contribution < -0.4 is 15.0 Å². The Bertz CT molecular complexity index is 756. The van der Waals surface area contributed by atoms with Crippen LogP contribution in [0.1, 0.15) is 19.4 Å². The molecule has 0 unspecified atom stereocenters. The van der Waals surface area contributed by atoms with Gasteiger partial charge in [0.15, 0.2) is 10.7 Å². The van der Waals surface area contributed by atoms with Crippen LogP contribution in [0.25, 0.3) is 0 Å². The molecule has 7 heteroatoms. The van der Waals surface area contributed by atoms with Crippen molar-refractivity contribution in [3.05, 3.63) is 35.3 Å². The van der Waals surface area contributed by atoms with Gasteiger partial charge in [0.2, 0.25) is 5.91 Å². The summed E-state index contributed by atoms with van der Waals surface area (Å²) in [5.41, 5.74) is 0.595. The van der Waals surface area contributed by atoms with Gasteiger partial charge < -0.3 is 10.1 Å². The van der Waals surface area contributed by atoms with Gasteiger partial charge in [0.25, 0.3) is 5.91 Å². The molecule has 23 heavy (non-hydrogen) atoms. The highest BCUT2D eigenvalue weighted by Crippen LogP contribution is 2.38. The van der Waals surface area contributed by atoms with E-state index in [-0.39, 0.29) is 18.4 Å². The van der Waals surface area contributed by atoms with Crippen LogP contribution in [0, 0.1) is 6.92 Å². The summed E-state index contributed by atoms with van der Waals surface area (Å²) in [7, 11) is 0. The van der Waals surface area contributed by atoms with Crippen molar-refractivity contribution in [3.63, 3.8) is 0 Å². The number of carbonyl (C=O) groups is 2. The number of hydrogen-bond donors (Lipinski definition) is 1. The third-order valence-electron chi connectivity index (χ3n) is 3.51. The van der Waals surface area contributed by atoms with Gasteiger partial charge in [-0.05, 0) is 38.5 Å². The second kappa shape index (κ2) is 5.66. The van der Waals surface area contributed by atoms with Crippen molar-refractivity contribution in [1.82, 2.24) is 4.98 Å². The fourth-order valence-corrected chi connectivity index (χ4v) is 2.97. The van der Waals surface area contributed by atoms with Crippen molar-refractivity contribution in [3.8, 4) is 5.75 Å². The number of carbonyl (C=O) groups excluding carboxylic acids is 2. The van der Waals surface area contributed by atoms with Crippen LogP contribution in [0.15, 0.2) is 29.8 Å². The minimum absolute atomic E-state index is 0.0817. The molecule has 1 aliphatic heterocycles. The third kappa shape index (κ3) is 3.05. The summed E-state index contributed by atoms with van der Waals surface area (Å²) in [5, 5.41) is 4.98. The number of ether oxygens (including phenoxy) is 1. The van der Waals surface area contributed by atoms with E-state index in [1.54, 1.807) is 25.4 Å². The Hall–Kier alpha value is -2.41. The lowest BCUT2D eigenvalue weighted by atomic mass is 10.0. The molecule has 2 amide bonds. The van der Waals surface area contributed by atoms with Gasteiger partial charge in [0.05, 0.1) is 5.69 Å². The van der Waals surface area contributed by atoms with Gasteiger partial charge in [-0.25, -0.2) is 4.98 Å². The highest BCUT2D eigenvalue weighted by molar-refractivity contribution is 7.13. The van der Waals surface area contributed by atoms with Crippen LogP contribution in [0.4, 0.5) is 10.8 Å². The first-order valence-corrected chi connectivity index (χ1v) is 8.06. The predicted molar refractivity (Wildman–Crippen MR) is 89.0 cm³/mol. The molecule has 0 bridgehead atoms. The lowest BCUT2D eigenvalue weighted by Crippen LogP contribution is -2.54. The molecule has 0 saturated carbocycles. The molecule has 6 nitrogen and oxygen atoms in total. The maximum absolute atomic E-state index is 12.7. The van der Waals surface area contributed by atoms with Crippen molar-refractivity contribution in [2.75, 3.05) is 16.8 Å². The normalized spacial score (nSPS) is 15.8. The van der Waals surface area contributed by atoms with Crippen LogP contribution in [0.5, 0.6) is 5.75 Å². The average Bonchev–Trinajstić information content (AvgIpc) is 2.97. The number of aryl methyl sites for hydroxylation is 1. The lowest BCUT2D eigenvalue weighted by molar-refractivity contribution is -0.133. The molecular formula is C16H17N3O3S. The molecule has 1 N–H and O–H groups in total. The molecule has 0 saturated heterocycles. The molecule has 1 aromatic carbocycles. The van der Waals surface area contributed by atoms with Crippen LogP contribution in [0.3, 0.4) is 0 Å². The first-order chi connectivity index (χ1) is 10.9. The van der Waals surface area contributed by atoms with Crippen molar-refractivity contribution < 1.29 is 14.3 Å². The Balaban J connectivity index is 1.88. The van der Waals surface area contributed by atoms with Gasteiger partial charge in [-0.1, -0.05) is 6.07 Å². The minimum atomic E-state index is -1.01. The second-order valence-corrected chi connectivity index (χ2v) is 6.75. The Morgan fingerprint density at radius 2 is 2.22 bits per heavy atom. The fourth-order valence-electron chi connectivity index (χ4n) is 2.42. The topological polar surface area (TPSA) is 71.5 Å². The summed E-state index contributed by atoms with van der Waals surface area (Å²) in [6.45, 7) is 5.24. The van der Waals surface area contributed by atoms with Gasteiger partial charge in [0.1, 0.15) is 12.3 Å². The highest BCUT2D eigenvalue weighted by atomic mass is 32.1. The molecule has 120 valence electrons. The number of thiazole rings is 1. The highest BCUT2D eigenvalue weighted by Gasteiger charge is 2.41. The maximum atomic E-state index is 12.7. The van der Waals surface area contributed by atoms with Gasteiger partial charge in [-0.3, -0.25) is 14.5 Å². The van der Waals surface area contributed by atoms with E-state index in [0.717, 1.165) is 5.56 Å². The van der Waals surface area contributed by atoms with E-state index < -0.39 is 5.60 Å². The SMILES string of the molecule is Cc1ccc2c(c1)N(CC(=O)Nc1nccs1)C(=O)C(C)(C)O2. The zero-order valence-electron chi connectivity index (χ0n) is 13.1. The monoisotopic (exact) mass is 331 g/mol. The molecule has 0 fully saturated rings. The first kappa shape index (κ1) is 15.5. The van der Waals surface area contributed by atoms with Crippen LogP contribution in [-0.4, -0.2) is 28.9 Å². The Labute approximate surface area is 138 Å². The first-order valence-electron chi connectivity index (χ1n) is 7.18. The average molecular weight is 331 g/mol. The van der Waals surface area contributed by atoms with Crippen molar-refractivity contribution >= 4 is 34.0 Å². The Morgan fingerprint density at radius 1 is 1.43 bits per heavy atom. The van der Waals surface area contributed by atoms with Crippen molar-refractivity contribution in [1.29, 1.82) is 0 Å². The smallest absolute Gasteiger partial charge is 0.271 e. The van der Waals surface area contributed by atoms with Gasteiger partial charge in [-0.15, -0.1) is 11.3 Å². The van der Waals surface area contributed by atoms with Crippen LogP contribution in [-0.2, 0) is 9.59 Å². The van der Waals surface area contributed by atoms with E-state index in [0.29, 0.717) is 16.6 Å². The Morgan fingerprint density at radius 3 is 2.91 bits per heavy atom. The van der Waals surface area contributed by atoms with E-state index in [2.05, 4.69) is 10.3 Å². The second-order valence-electron chi connectivity index (χ2n) is 5.86. The molecule has 0 spiro atoms. The van der Waals surface area contributed by atoms with Crippen molar-refractivity contribution in [2.24, 2.45) is 0 Å². The summed E-state index contributed by atoms with van der Waals surface area (Å²) >= 11 is 1.33. The fraction of sp³-hybridized carbons (Fsp3) is 0.312. The standard InChI is InChI=1S/C16H17N3O3S/c1-10-4-5-12-11(8-10)19(14(21)16(2,3)22-12)9-13(20)18-15-17-6-7-23-15/h4-8H,9H2,1-3H3,(H,17,18,20). The molecule has 1 aromatic heterocycles. The minimum Gasteiger partial charge on any atom is -0.476 e. The summed E-state index contributed by atoms with van der Waals surface area (Å²) in [5.74, 6) is 0.0607. The summed E-state index contributed by atoms with van der Waals surface area (Å²) in [6, 6.07) is 5.59. The van der Waals surface area contributed by atoms with E-state index >= 15 is 0 Å². The molecule has 0 aliphatic carbocycles. The van der Waals surface area contributed by atoms with Crippen molar-refractivity contribution in [2.45, 2.75) is 26.4 Å². The number of nitrogens with one attached hydrogen (secondary N) is 1. The molecule has 0 radical (unpaired) electrons. The molecule has 3 rings (SSSR count). The van der Waals surface area contributed by atoms with Gasteiger partial charge in [-0.2, -0.15) is 0 Å². The molecule has 1 aliphatic rings. The molecule has 2 aromatic rings. The molecular weight excluding hydrogens is 314 g/mol. The number of aromatic nitrogens is 1. The number of benzene rings is 1. The maximum Gasteiger partial charge on any atom is 0.271 e. The quantitative estimate of drug-likeness (QED) is 0.938. The number of nitrogens with zero attached hydrogens (tertiary/aromatic N) is 2. The van der Waals surface area contributed by atoms with E-state index in [1.165, 1.54) is 16.2 Å². The number of amides is 2. The van der Waals surface area contributed by atoms with E-state index in [1.807, 2.05) is 25.1 Å². The Kier molecular flexibility index (Phi) is 3.81. The molecule has 0 atom stereocenters. The number of hydrogen-bond acceptors (Lipinski definition) is 5. The summed E-state index contributed by atoms with van der Waals surface area (Å²) in [6.07, 6.45) is 1.61. The number of anilines is 2.